The molecule has 3 rings (SSSR count). The van der Waals surface area contributed by atoms with Crippen LogP contribution in [0.15, 0.2) is 57.1 Å². The average Bonchev–Trinajstić information content (AvgIpc) is 3.23. The van der Waals surface area contributed by atoms with Gasteiger partial charge in [0.25, 0.3) is 5.89 Å². The lowest BCUT2D eigenvalue weighted by atomic mass is 10.1. The summed E-state index contributed by atoms with van der Waals surface area (Å²) in [6, 6.07) is 13.7. The van der Waals surface area contributed by atoms with Gasteiger partial charge in [-0.2, -0.15) is 4.68 Å². The van der Waals surface area contributed by atoms with E-state index in [4.69, 9.17) is 4.42 Å². The summed E-state index contributed by atoms with van der Waals surface area (Å²) in [4.78, 5) is 24.4. The molecule has 0 saturated heterocycles. The van der Waals surface area contributed by atoms with Gasteiger partial charge >= 0.3 is 5.76 Å². The van der Waals surface area contributed by atoms with E-state index in [2.05, 4.69) is 22.5 Å². The molecule has 0 spiro atoms. The Balaban J connectivity index is 1.48. The van der Waals surface area contributed by atoms with Crippen LogP contribution in [0.4, 0.5) is 0 Å². The molecule has 24 heavy (non-hydrogen) atoms. The summed E-state index contributed by atoms with van der Waals surface area (Å²) in [7, 11) is 0. The van der Waals surface area contributed by atoms with Crippen molar-refractivity contribution in [1.29, 1.82) is 0 Å². The van der Waals surface area contributed by atoms with Crippen LogP contribution in [0.3, 0.4) is 0 Å². The Morgan fingerprint density at radius 2 is 2.04 bits per heavy atom. The summed E-state index contributed by atoms with van der Waals surface area (Å²) in [6.45, 7) is 0.414. The van der Waals surface area contributed by atoms with E-state index < -0.39 is 5.76 Å². The maximum atomic E-state index is 11.9. The molecular formula is C17H17N3O3S. The van der Waals surface area contributed by atoms with Crippen LogP contribution >= 0.6 is 11.3 Å². The maximum Gasteiger partial charge on any atom is 0.437 e. The molecule has 0 aliphatic carbocycles. The Kier molecular flexibility index (Phi) is 5.22. The minimum Gasteiger partial charge on any atom is -0.387 e. The highest BCUT2D eigenvalue weighted by atomic mass is 32.1. The van der Waals surface area contributed by atoms with E-state index in [1.807, 2.05) is 35.7 Å². The molecule has 0 aliphatic rings. The predicted octanol–water partition coefficient (Wildman–Crippen LogP) is 2.31. The zero-order valence-corrected chi connectivity index (χ0v) is 13.8. The van der Waals surface area contributed by atoms with Crippen LogP contribution in [0.25, 0.3) is 10.8 Å². The van der Waals surface area contributed by atoms with Crippen LogP contribution in [-0.4, -0.2) is 22.2 Å². The number of aromatic nitrogens is 2. The monoisotopic (exact) mass is 343 g/mol. The van der Waals surface area contributed by atoms with E-state index in [1.165, 1.54) is 16.9 Å². The number of aryl methyl sites for hydroxylation is 1. The number of hydrogen-bond acceptors (Lipinski definition) is 5. The summed E-state index contributed by atoms with van der Waals surface area (Å²) >= 11 is 1.42. The van der Waals surface area contributed by atoms with Crippen LogP contribution < -0.4 is 11.1 Å². The first-order valence-corrected chi connectivity index (χ1v) is 8.53. The van der Waals surface area contributed by atoms with Crippen molar-refractivity contribution in [2.45, 2.75) is 19.4 Å². The van der Waals surface area contributed by atoms with Gasteiger partial charge in [0.05, 0.1) is 4.88 Å². The number of amides is 1. The van der Waals surface area contributed by atoms with Crippen molar-refractivity contribution in [3.8, 4) is 10.8 Å². The van der Waals surface area contributed by atoms with Crippen molar-refractivity contribution < 1.29 is 9.21 Å². The van der Waals surface area contributed by atoms with Crippen molar-refractivity contribution in [2.24, 2.45) is 0 Å². The number of benzene rings is 1. The third-order valence-electron chi connectivity index (χ3n) is 3.44. The normalized spacial score (nSPS) is 10.7. The van der Waals surface area contributed by atoms with Gasteiger partial charge in [-0.15, -0.1) is 16.4 Å². The van der Waals surface area contributed by atoms with Crippen LogP contribution in [-0.2, 0) is 17.8 Å². The van der Waals surface area contributed by atoms with Gasteiger partial charge in [0.1, 0.15) is 6.54 Å². The lowest BCUT2D eigenvalue weighted by Crippen LogP contribution is -2.32. The third kappa shape index (κ3) is 4.20. The Morgan fingerprint density at radius 1 is 1.21 bits per heavy atom. The molecule has 124 valence electrons. The highest BCUT2D eigenvalue weighted by molar-refractivity contribution is 7.13. The van der Waals surface area contributed by atoms with Crippen LogP contribution in [0.5, 0.6) is 0 Å². The lowest BCUT2D eigenvalue weighted by Gasteiger charge is -2.04. The molecule has 0 radical (unpaired) electrons. The van der Waals surface area contributed by atoms with E-state index in [1.54, 1.807) is 0 Å². The van der Waals surface area contributed by atoms with Crippen LogP contribution in [0.1, 0.15) is 12.0 Å². The highest BCUT2D eigenvalue weighted by Crippen LogP contribution is 2.20. The van der Waals surface area contributed by atoms with E-state index >= 15 is 0 Å². The average molecular weight is 343 g/mol. The molecule has 6 nitrogen and oxygen atoms in total. The van der Waals surface area contributed by atoms with Crippen LogP contribution in [0.2, 0.25) is 0 Å². The number of hydrogen-bond donors (Lipinski definition) is 1. The second-order valence-electron chi connectivity index (χ2n) is 5.25. The Bertz CT molecular complexity index is 838. The maximum absolute atomic E-state index is 11.9. The quantitative estimate of drug-likeness (QED) is 0.668. The van der Waals surface area contributed by atoms with E-state index in [0.29, 0.717) is 6.54 Å². The first kappa shape index (κ1) is 16.2. The Labute approximate surface area is 142 Å². The first-order chi connectivity index (χ1) is 11.7. The van der Waals surface area contributed by atoms with Gasteiger partial charge in [-0.05, 0) is 29.9 Å². The molecule has 1 amide bonds. The van der Waals surface area contributed by atoms with Crippen molar-refractivity contribution in [1.82, 2.24) is 15.1 Å². The molecule has 1 N–H and O–H groups in total. The molecule has 2 heterocycles. The summed E-state index contributed by atoms with van der Waals surface area (Å²) < 4.78 is 6.11. The fourth-order valence-corrected chi connectivity index (χ4v) is 2.91. The van der Waals surface area contributed by atoms with Crippen molar-refractivity contribution in [3.63, 3.8) is 0 Å². The molecule has 7 heteroatoms. The van der Waals surface area contributed by atoms with Gasteiger partial charge in [-0.3, -0.25) is 4.79 Å². The first-order valence-electron chi connectivity index (χ1n) is 7.65. The fraction of sp³-hybridized carbons (Fsp3) is 0.235. The summed E-state index contributed by atoms with van der Waals surface area (Å²) in [5.74, 6) is -0.638. The Morgan fingerprint density at radius 3 is 2.79 bits per heavy atom. The van der Waals surface area contributed by atoms with Crippen molar-refractivity contribution >= 4 is 17.2 Å². The topological polar surface area (TPSA) is 77.1 Å². The molecule has 2 aromatic heterocycles. The predicted molar refractivity (Wildman–Crippen MR) is 91.8 cm³/mol. The molecule has 1 aromatic carbocycles. The fourth-order valence-electron chi connectivity index (χ4n) is 2.26. The number of rotatable bonds is 7. The van der Waals surface area contributed by atoms with Gasteiger partial charge in [0.2, 0.25) is 5.91 Å². The number of carbonyl (C=O) groups excluding carboxylic acids is 1. The minimum atomic E-state index is -0.627. The summed E-state index contributed by atoms with van der Waals surface area (Å²) in [5, 5.41) is 8.72. The molecule has 0 fully saturated rings. The zero-order valence-electron chi connectivity index (χ0n) is 13.0. The summed E-state index contributed by atoms with van der Waals surface area (Å²) in [5.41, 5.74) is 1.24. The van der Waals surface area contributed by atoms with E-state index in [0.717, 1.165) is 22.4 Å². The van der Waals surface area contributed by atoms with E-state index in [9.17, 15) is 9.59 Å². The second-order valence-corrected chi connectivity index (χ2v) is 6.19. The lowest BCUT2D eigenvalue weighted by molar-refractivity contribution is -0.121. The van der Waals surface area contributed by atoms with Crippen molar-refractivity contribution in [2.75, 3.05) is 6.54 Å². The standard InChI is InChI=1S/C17H17N3O3S/c21-15(18-10-4-8-13-6-2-1-3-7-13)12-20-17(22)23-16(19-20)14-9-5-11-24-14/h1-3,5-7,9,11H,4,8,10,12H2,(H,18,21). The SMILES string of the molecule is O=C(Cn1nc(-c2cccs2)oc1=O)NCCCc1ccccc1. The number of carbonyl (C=O) groups is 1. The van der Waals surface area contributed by atoms with E-state index in [-0.39, 0.29) is 18.3 Å². The molecule has 0 bridgehead atoms. The molecule has 0 atom stereocenters. The second kappa shape index (κ2) is 7.74. The molecule has 0 aliphatic heterocycles. The number of nitrogens with zero attached hydrogens (tertiary/aromatic N) is 2. The van der Waals surface area contributed by atoms with Crippen molar-refractivity contribution in [3.05, 3.63) is 64.0 Å². The van der Waals surface area contributed by atoms with Gasteiger partial charge in [-0.1, -0.05) is 36.4 Å². The third-order valence-corrected chi connectivity index (χ3v) is 4.30. The Hall–Kier alpha value is -2.67. The van der Waals surface area contributed by atoms with Gasteiger partial charge in [-0.25, -0.2) is 4.79 Å². The van der Waals surface area contributed by atoms with Gasteiger partial charge < -0.3 is 9.73 Å². The largest absolute Gasteiger partial charge is 0.437 e. The number of nitrogens with one attached hydrogen (secondary N) is 1. The number of thiophene rings is 1. The zero-order chi connectivity index (χ0) is 16.8. The van der Waals surface area contributed by atoms with Gasteiger partial charge in [0.15, 0.2) is 0 Å². The summed E-state index contributed by atoms with van der Waals surface area (Å²) in [6.07, 6.45) is 1.73. The molecule has 0 unspecified atom stereocenters. The minimum absolute atomic E-state index is 0.140. The smallest absolute Gasteiger partial charge is 0.387 e. The molecular weight excluding hydrogens is 326 g/mol. The highest BCUT2D eigenvalue weighted by Gasteiger charge is 2.13. The molecule has 0 saturated carbocycles. The van der Waals surface area contributed by atoms with Gasteiger partial charge in [0, 0.05) is 6.54 Å². The molecule has 3 aromatic rings. The van der Waals surface area contributed by atoms with Crippen LogP contribution in [0, 0.1) is 0 Å².